The van der Waals surface area contributed by atoms with Gasteiger partial charge in [-0.15, -0.1) is 0 Å². The van der Waals surface area contributed by atoms with Crippen LogP contribution in [0, 0.1) is 0 Å². The van der Waals surface area contributed by atoms with Crippen LogP contribution in [-0.4, -0.2) is 14.7 Å². The van der Waals surface area contributed by atoms with Crippen LogP contribution in [0.2, 0.25) is 0 Å². The lowest BCUT2D eigenvalue weighted by Gasteiger charge is -2.09. The number of benzene rings is 1. The molecule has 1 aromatic rings. The smallest absolute Gasteiger partial charge is 0.465 e. The van der Waals surface area contributed by atoms with Gasteiger partial charge in [-0.2, -0.15) is 0 Å². The molecule has 0 spiro atoms. The predicted molar refractivity (Wildman–Crippen MR) is 54.2 cm³/mol. The molecule has 0 atom stereocenters. The standard InChI is InChI=1S/C9H8O.H3O4P/c1-2-6-9-8(4-1)5-3-7-10-9;1-5(2,3)4/h1-4,6-7H,5H2;(H3,1,2,3,4). The van der Waals surface area contributed by atoms with Crippen LogP contribution in [0.4, 0.5) is 0 Å². The van der Waals surface area contributed by atoms with Crippen LogP contribution in [0.15, 0.2) is 36.6 Å². The van der Waals surface area contributed by atoms with Crippen molar-refractivity contribution in [2.24, 2.45) is 0 Å². The molecule has 0 saturated heterocycles. The van der Waals surface area contributed by atoms with E-state index in [0.717, 1.165) is 12.2 Å². The van der Waals surface area contributed by atoms with E-state index in [4.69, 9.17) is 24.0 Å². The first-order valence-corrected chi connectivity index (χ1v) is 5.71. The van der Waals surface area contributed by atoms with Gasteiger partial charge in [-0.1, -0.05) is 18.2 Å². The second-order valence-corrected chi connectivity index (χ2v) is 3.84. The van der Waals surface area contributed by atoms with Crippen molar-refractivity contribution in [1.82, 2.24) is 0 Å². The number of para-hydroxylation sites is 1. The average molecular weight is 230 g/mol. The molecule has 1 aliphatic rings. The number of rotatable bonds is 0. The summed E-state index contributed by atoms with van der Waals surface area (Å²) in [5.74, 6) is 0.991. The zero-order chi connectivity index (χ0) is 11.3. The van der Waals surface area contributed by atoms with Gasteiger partial charge in [-0.05, 0) is 24.1 Å². The van der Waals surface area contributed by atoms with Crippen LogP contribution in [0.1, 0.15) is 5.56 Å². The quantitative estimate of drug-likeness (QED) is 0.583. The third-order valence-corrected chi connectivity index (χ3v) is 1.60. The second kappa shape index (κ2) is 5.09. The largest absolute Gasteiger partial charge is 0.466 e. The molecule has 0 bridgehead atoms. The van der Waals surface area contributed by atoms with Gasteiger partial charge in [0.05, 0.1) is 6.26 Å². The minimum atomic E-state index is -4.64. The fraction of sp³-hybridized carbons (Fsp3) is 0.111. The number of hydrogen-bond acceptors (Lipinski definition) is 2. The molecule has 0 saturated carbocycles. The fourth-order valence-electron chi connectivity index (χ4n) is 1.08. The molecule has 5 nitrogen and oxygen atoms in total. The summed E-state index contributed by atoms with van der Waals surface area (Å²) in [4.78, 5) is 21.6. The molecule has 1 heterocycles. The van der Waals surface area contributed by atoms with Crippen LogP contribution >= 0.6 is 7.82 Å². The highest BCUT2D eigenvalue weighted by Gasteiger charge is 2.02. The molecule has 3 N–H and O–H groups in total. The highest BCUT2D eigenvalue weighted by molar-refractivity contribution is 7.45. The average Bonchev–Trinajstić information content (AvgIpc) is 2.16. The Morgan fingerprint density at radius 2 is 1.80 bits per heavy atom. The summed E-state index contributed by atoms with van der Waals surface area (Å²) in [6.45, 7) is 0. The van der Waals surface area contributed by atoms with Crippen LogP contribution < -0.4 is 4.74 Å². The molecule has 0 unspecified atom stereocenters. The third-order valence-electron chi connectivity index (χ3n) is 1.60. The maximum atomic E-state index is 8.88. The monoisotopic (exact) mass is 230 g/mol. The lowest BCUT2D eigenvalue weighted by molar-refractivity contribution is 0.275. The van der Waals surface area contributed by atoms with Crippen LogP contribution in [0.25, 0.3) is 0 Å². The molecule has 0 aliphatic carbocycles. The van der Waals surface area contributed by atoms with E-state index in [-0.39, 0.29) is 0 Å². The molecule has 82 valence electrons. The highest BCUT2D eigenvalue weighted by Crippen LogP contribution is 2.25. The first-order valence-electron chi connectivity index (χ1n) is 4.14. The van der Waals surface area contributed by atoms with Crippen molar-refractivity contribution in [3.63, 3.8) is 0 Å². The van der Waals surface area contributed by atoms with Gasteiger partial charge in [0.2, 0.25) is 0 Å². The Labute approximate surface area is 86.9 Å². The molecule has 15 heavy (non-hydrogen) atoms. The van der Waals surface area contributed by atoms with E-state index in [1.807, 2.05) is 24.3 Å². The van der Waals surface area contributed by atoms with Crippen molar-refractivity contribution in [3.8, 4) is 5.75 Å². The minimum Gasteiger partial charge on any atom is -0.465 e. The fourth-order valence-corrected chi connectivity index (χ4v) is 1.08. The number of fused-ring (bicyclic) bond motifs is 1. The lowest BCUT2D eigenvalue weighted by atomic mass is 10.1. The first kappa shape index (κ1) is 11.9. The number of allylic oxidation sites excluding steroid dienone is 1. The van der Waals surface area contributed by atoms with E-state index in [2.05, 4.69) is 6.07 Å². The summed E-state index contributed by atoms with van der Waals surface area (Å²) >= 11 is 0. The van der Waals surface area contributed by atoms with E-state index >= 15 is 0 Å². The molecule has 0 radical (unpaired) electrons. The Morgan fingerprint density at radius 3 is 2.40 bits per heavy atom. The van der Waals surface area contributed by atoms with Crippen LogP contribution in [-0.2, 0) is 11.0 Å². The maximum absolute atomic E-state index is 8.88. The summed E-state index contributed by atoms with van der Waals surface area (Å²) in [5, 5.41) is 0. The Hall–Kier alpha value is -1.13. The second-order valence-electron chi connectivity index (χ2n) is 2.81. The Morgan fingerprint density at radius 1 is 1.20 bits per heavy atom. The molecule has 0 fully saturated rings. The summed E-state index contributed by atoms with van der Waals surface area (Å²) in [6.07, 6.45) is 4.75. The van der Waals surface area contributed by atoms with Gasteiger partial charge < -0.3 is 19.4 Å². The minimum absolute atomic E-state index is 0.991. The number of ether oxygens (including phenoxy) is 1. The summed E-state index contributed by atoms with van der Waals surface area (Å²) in [7, 11) is -4.64. The van der Waals surface area contributed by atoms with Gasteiger partial charge in [0.1, 0.15) is 5.75 Å². The topological polar surface area (TPSA) is 87.0 Å². The Bertz CT molecular complexity index is 360. The third kappa shape index (κ3) is 5.34. The zero-order valence-corrected chi connectivity index (χ0v) is 8.67. The summed E-state index contributed by atoms with van der Waals surface area (Å²) < 4.78 is 14.1. The maximum Gasteiger partial charge on any atom is 0.466 e. The van der Waals surface area contributed by atoms with Gasteiger partial charge in [0, 0.05) is 0 Å². The summed E-state index contributed by atoms with van der Waals surface area (Å²) in [5.41, 5.74) is 1.27. The van der Waals surface area contributed by atoms with Crippen molar-refractivity contribution >= 4 is 7.82 Å². The van der Waals surface area contributed by atoms with Crippen LogP contribution in [0.3, 0.4) is 0 Å². The van der Waals surface area contributed by atoms with Gasteiger partial charge in [0.25, 0.3) is 0 Å². The van der Waals surface area contributed by atoms with E-state index in [1.165, 1.54) is 5.56 Å². The Kier molecular flexibility index (Phi) is 4.05. The Balaban J connectivity index is 0.000000195. The predicted octanol–water partition coefficient (Wildman–Crippen LogP) is 1.21. The molecule has 2 rings (SSSR count). The molecule has 1 aromatic carbocycles. The van der Waals surface area contributed by atoms with E-state index in [1.54, 1.807) is 6.26 Å². The van der Waals surface area contributed by atoms with Gasteiger partial charge >= 0.3 is 7.82 Å². The number of phosphoric acid groups is 1. The van der Waals surface area contributed by atoms with Crippen molar-refractivity contribution < 1.29 is 24.0 Å². The highest BCUT2D eigenvalue weighted by atomic mass is 31.2. The zero-order valence-electron chi connectivity index (χ0n) is 7.78. The molecular weight excluding hydrogens is 219 g/mol. The number of hydrogen-bond donors (Lipinski definition) is 3. The van der Waals surface area contributed by atoms with Gasteiger partial charge in [0.15, 0.2) is 0 Å². The lowest BCUT2D eigenvalue weighted by Crippen LogP contribution is -1.94. The molecule has 1 aliphatic heterocycles. The van der Waals surface area contributed by atoms with Crippen LogP contribution in [0.5, 0.6) is 5.75 Å². The van der Waals surface area contributed by atoms with Crippen molar-refractivity contribution in [1.29, 1.82) is 0 Å². The van der Waals surface area contributed by atoms with E-state index < -0.39 is 7.82 Å². The molecule has 6 heteroatoms. The summed E-state index contributed by atoms with van der Waals surface area (Å²) in [6, 6.07) is 8.08. The van der Waals surface area contributed by atoms with Crippen molar-refractivity contribution in [2.45, 2.75) is 6.42 Å². The first-order chi connectivity index (χ1) is 6.97. The van der Waals surface area contributed by atoms with E-state index in [0.29, 0.717) is 0 Å². The molecule has 0 amide bonds. The molecule has 0 aromatic heterocycles. The van der Waals surface area contributed by atoms with Crippen molar-refractivity contribution in [3.05, 3.63) is 42.2 Å². The van der Waals surface area contributed by atoms with Crippen molar-refractivity contribution in [2.75, 3.05) is 0 Å². The van der Waals surface area contributed by atoms with E-state index in [9.17, 15) is 0 Å². The SMILES string of the molecule is C1=COc2ccccc2C1.O=P(O)(O)O. The van der Waals surface area contributed by atoms with Gasteiger partial charge in [-0.3, -0.25) is 0 Å². The normalized spacial score (nSPS) is 13.3. The molecular formula is C9H11O5P. The van der Waals surface area contributed by atoms with Gasteiger partial charge in [-0.25, -0.2) is 4.57 Å².